The van der Waals surface area contributed by atoms with E-state index in [9.17, 15) is 18.0 Å². The number of hydrogen-bond donors (Lipinski definition) is 2. The van der Waals surface area contributed by atoms with Gasteiger partial charge in [0, 0.05) is 29.9 Å². The molecule has 1 aliphatic heterocycles. The molecule has 0 fully saturated rings. The minimum Gasteiger partial charge on any atom is -0.390 e. The molecule has 1 unspecified atom stereocenters. The van der Waals surface area contributed by atoms with Gasteiger partial charge in [0.15, 0.2) is 6.10 Å². The van der Waals surface area contributed by atoms with Gasteiger partial charge in [0.05, 0.1) is 27.8 Å². The van der Waals surface area contributed by atoms with Crippen LogP contribution in [0, 0.1) is 0 Å². The first kappa shape index (κ1) is 23.2. The summed E-state index contributed by atoms with van der Waals surface area (Å²) < 4.78 is 38.0. The van der Waals surface area contributed by atoms with Crippen LogP contribution in [-0.2, 0) is 15.8 Å². The van der Waals surface area contributed by atoms with Crippen LogP contribution in [0.15, 0.2) is 47.9 Å². The molecule has 1 atom stereocenters. The van der Waals surface area contributed by atoms with Gasteiger partial charge in [-0.1, -0.05) is 40.0 Å². The molecule has 2 N–H and O–H groups in total. The SMILES string of the molecule is O=C(C=CNc1ccc(Cl)cc1Cl)C1=NOC(CNc2ncc(C(F)(F)F)cc2Cl)C1. The molecule has 6 nitrogen and oxygen atoms in total. The lowest BCUT2D eigenvalue weighted by Gasteiger charge is -2.13. The predicted molar refractivity (Wildman–Crippen MR) is 114 cm³/mol. The summed E-state index contributed by atoms with van der Waals surface area (Å²) in [4.78, 5) is 21.1. The maximum Gasteiger partial charge on any atom is 0.417 e. The predicted octanol–water partition coefficient (Wildman–Crippen LogP) is 5.81. The van der Waals surface area contributed by atoms with Crippen LogP contribution in [0.4, 0.5) is 24.7 Å². The van der Waals surface area contributed by atoms with E-state index < -0.39 is 17.8 Å². The molecule has 164 valence electrons. The fourth-order valence-electron chi connectivity index (χ4n) is 2.53. The first-order valence-corrected chi connectivity index (χ1v) is 9.88. The summed E-state index contributed by atoms with van der Waals surface area (Å²) in [5.41, 5.74) is -0.182. The molecule has 0 saturated heterocycles. The van der Waals surface area contributed by atoms with Crippen LogP contribution in [0.2, 0.25) is 15.1 Å². The van der Waals surface area contributed by atoms with Gasteiger partial charge in [-0.2, -0.15) is 13.2 Å². The van der Waals surface area contributed by atoms with Crippen LogP contribution in [0.3, 0.4) is 0 Å². The summed E-state index contributed by atoms with van der Waals surface area (Å²) >= 11 is 17.7. The third-order valence-electron chi connectivity index (χ3n) is 4.09. The smallest absolute Gasteiger partial charge is 0.390 e. The lowest BCUT2D eigenvalue weighted by Crippen LogP contribution is -2.22. The molecule has 12 heteroatoms. The van der Waals surface area contributed by atoms with Crippen LogP contribution >= 0.6 is 34.8 Å². The Kier molecular flexibility index (Phi) is 7.30. The average Bonchev–Trinajstić information content (AvgIpc) is 3.17. The van der Waals surface area contributed by atoms with Gasteiger partial charge in [-0.3, -0.25) is 4.79 Å². The number of halogens is 6. The van der Waals surface area contributed by atoms with E-state index in [1.807, 2.05) is 0 Å². The van der Waals surface area contributed by atoms with Crippen molar-refractivity contribution in [3.8, 4) is 0 Å². The third kappa shape index (κ3) is 6.25. The van der Waals surface area contributed by atoms with E-state index in [2.05, 4.69) is 20.8 Å². The summed E-state index contributed by atoms with van der Waals surface area (Å²) in [6.07, 6.45) is -1.47. The molecule has 3 rings (SSSR count). The van der Waals surface area contributed by atoms with Crippen molar-refractivity contribution in [3.05, 3.63) is 63.4 Å². The van der Waals surface area contributed by atoms with Gasteiger partial charge in [-0.15, -0.1) is 0 Å². The number of nitrogens with zero attached hydrogens (tertiary/aromatic N) is 2. The Morgan fingerprint density at radius 3 is 2.68 bits per heavy atom. The van der Waals surface area contributed by atoms with Crippen molar-refractivity contribution in [1.29, 1.82) is 0 Å². The second-order valence-corrected chi connectivity index (χ2v) is 7.62. The van der Waals surface area contributed by atoms with Crippen molar-refractivity contribution in [3.63, 3.8) is 0 Å². The van der Waals surface area contributed by atoms with Crippen molar-refractivity contribution < 1.29 is 22.8 Å². The number of allylic oxidation sites excluding steroid dienone is 1. The van der Waals surface area contributed by atoms with E-state index in [1.54, 1.807) is 18.2 Å². The molecule has 1 aliphatic rings. The maximum absolute atomic E-state index is 12.7. The van der Waals surface area contributed by atoms with E-state index in [-0.39, 0.29) is 35.3 Å². The van der Waals surface area contributed by atoms with Crippen LogP contribution in [0.5, 0.6) is 0 Å². The number of aromatic nitrogens is 1. The number of nitrogens with one attached hydrogen (secondary N) is 2. The zero-order valence-electron chi connectivity index (χ0n) is 15.5. The molecule has 0 amide bonds. The number of alkyl halides is 3. The summed E-state index contributed by atoms with van der Waals surface area (Å²) in [6.45, 7) is 0.140. The summed E-state index contributed by atoms with van der Waals surface area (Å²) in [7, 11) is 0. The largest absolute Gasteiger partial charge is 0.417 e. The number of carbonyl (C=O) groups excluding carboxylic acids is 1. The van der Waals surface area contributed by atoms with Crippen molar-refractivity contribution in [2.75, 3.05) is 17.2 Å². The molecule has 0 bridgehead atoms. The summed E-state index contributed by atoms with van der Waals surface area (Å²) in [6, 6.07) is 5.65. The van der Waals surface area contributed by atoms with E-state index in [0.717, 1.165) is 6.07 Å². The molecular weight excluding hydrogens is 480 g/mol. The average molecular weight is 494 g/mol. The molecule has 1 aromatic carbocycles. The summed E-state index contributed by atoms with van der Waals surface area (Å²) in [5, 5.41) is 10.1. The highest BCUT2D eigenvalue weighted by atomic mass is 35.5. The van der Waals surface area contributed by atoms with Gasteiger partial charge < -0.3 is 15.5 Å². The number of carbonyl (C=O) groups is 1. The zero-order chi connectivity index (χ0) is 22.6. The van der Waals surface area contributed by atoms with Crippen LogP contribution < -0.4 is 10.6 Å². The van der Waals surface area contributed by atoms with Crippen molar-refractivity contribution >= 4 is 57.8 Å². The molecule has 1 aromatic heterocycles. The van der Waals surface area contributed by atoms with E-state index >= 15 is 0 Å². The number of pyridine rings is 1. The van der Waals surface area contributed by atoms with Crippen LogP contribution in [0.25, 0.3) is 0 Å². The van der Waals surface area contributed by atoms with E-state index in [0.29, 0.717) is 21.9 Å². The van der Waals surface area contributed by atoms with E-state index in [1.165, 1.54) is 12.3 Å². The Morgan fingerprint density at radius 1 is 1.23 bits per heavy atom. The molecule has 0 saturated carbocycles. The normalized spacial score (nSPS) is 16.2. The molecule has 2 aromatic rings. The van der Waals surface area contributed by atoms with Gasteiger partial charge in [-0.05, 0) is 24.3 Å². The second-order valence-electron chi connectivity index (χ2n) is 6.37. The molecule has 0 spiro atoms. The van der Waals surface area contributed by atoms with Crippen LogP contribution in [0.1, 0.15) is 12.0 Å². The van der Waals surface area contributed by atoms with E-state index in [4.69, 9.17) is 39.6 Å². The molecule has 2 heterocycles. The Labute approximate surface area is 190 Å². The van der Waals surface area contributed by atoms with Gasteiger partial charge in [-0.25, -0.2) is 4.98 Å². The minimum atomic E-state index is -4.53. The number of rotatable bonds is 7. The van der Waals surface area contributed by atoms with Crippen molar-refractivity contribution in [1.82, 2.24) is 4.98 Å². The van der Waals surface area contributed by atoms with Crippen molar-refractivity contribution in [2.45, 2.75) is 18.7 Å². The van der Waals surface area contributed by atoms with Gasteiger partial charge in [0.1, 0.15) is 11.5 Å². The first-order chi connectivity index (χ1) is 14.6. The Morgan fingerprint density at radius 2 is 2.00 bits per heavy atom. The highest BCUT2D eigenvalue weighted by Gasteiger charge is 2.32. The first-order valence-electron chi connectivity index (χ1n) is 8.75. The number of hydrogen-bond acceptors (Lipinski definition) is 6. The quantitative estimate of drug-likeness (QED) is 0.476. The Hall–Kier alpha value is -2.49. The number of oxime groups is 1. The van der Waals surface area contributed by atoms with Crippen molar-refractivity contribution in [2.24, 2.45) is 5.16 Å². The van der Waals surface area contributed by atoms with Crippen LogP contribution in [-0.4, -0.2) is 29.1 Å². The zero-order valence-corrected chi connectivity index (χ0v) is 17.8. The maximum atomic E-state index is 12.7. The topological polar surface area (TPSA) is 75.6 Å². The highest BCUT2D eigenvalue weighted by molar-refractivity contribution is 6.44. The minimum absolute atomic E-state index is 0.0713. The van der Waals surface area contributed by atoms with Gasteiger partial charge >= 0.3 is 6.18 Å². The Balaban J connectivity index is 1.49. The highest BCUT2D eigenvalue weighted by Crippen LogP contribution is 2.32. The van der Waals surface area contributed by atoms with Gasteiger partial charge in [0.25, 0.3) is 0 Å². The fraction of sp³-hybridized carbons (Fsp3) is 0.211. The molecular formula is C19H14Cl3F3N4O2. The standard InChI is InChI=1S/C19H14Cl3F3N4O2/c20-11-1-2-15(13(21)6-11)26-4-3-17(30)16-7-12(31-29-16)9-28-18-14(22)5-10(8-27-18)19(23,24)25/h1-6,8,12,26H,7,9H2,(H,27,28). The lowest BCUT2D eigenvalue weighted by molar-refractivity contribution is -0.137. The lowest BCUT2D eigenvalue weighted by atomic mass is 10.1. The monoisotopic (exact) mass is 492 g/mol. The number of anilines is 2. The third-order valence-corrected chi connectivity index (χ3v) is 4.92. The second kappa shape index (κ2) is 9.76. The molecule has 0 radical (unpaired) electrons. The molecule has 0 aliphatic carbocycles. The Bertz CT molecular complexity index is 1040. The number of ketones is 1. The number of benzene rings is 1. The summed E-state index contributed by atoms with van der Waals surface area (Å²) in [5.74, 6) is -0.298. The molecule has 31 heavy (non-hydrogen) atoms. The fourth-order valence-corrected chi connectivity index (χ4v) is 3.22. The van der Waals surface area contributed by atoms with Gasteiger partial charge in [0.2, 0.25) is 5.78 Å².